The molecule has 33 heavy (non-hydrogen) atoms. The highest BCUT2D eigenvalue weighted by Gasteiger charge is 2.23. The number of hydrogen-bond acceptors (Lipinski definition) is 6. The summed E-state index contributed by atoms with van der Waals surface area (Å²) in [6, 6.07) is 11.2. The van der Waals surface area contributed by atoms with E-state index >= 15 is 0 Å². The number of likely N-dealkylation sites (N-methyl/N-ethyl adjacent to an activating group) is 1. The summed E-state index contributed by atoms with van der Waals surface area (Å²) in [6.07, 6.45) is 4.83. The van der Waals surface area contributed by atoms with Crippen molar-refractivity contribution >= 4 is 5.91 Å². The molecule has 0 radical (unpaired) electrons. The molecule has 7 nitrogen and oxygen atoms in total. The second-order valence-corrected chi connectivity index (χ2v) is 8.77. The molecule has 178 valence electrons. The Morgan fingerprint density at radius 2 is 2.09 bits per heavy atom. The van der Waals surface area contributed by atoms with E-state index in [1.165, 1.54) is 18.3 Å². The summed E-state index contributed by atoms with van der Waals surface area (Å²) in [7, 11) is 1.83. The number of hydrazine groups is 1. The highest BCUT2D eigenvalue weighted by atomic mass is 19.1. The largest absolute Gasteiger partial charge is 0.387 e. The first kappa shape index (κ1) is 25.0. The summed E-state index contributed by atoms with van der Waals surface area (Å²) in [5.41, 5.74) is 8.71. The fourth-order valence-electron chi connectivity index (χ4n) is 4.05. The Morgan fingerprint density at radius 1 is 1.33 bits per heavy atom. The molecule has 1 saturated heterocycles. The Labute approximate surface area is 195 Å². The van der Waals surface area contributed by atoms with Crippen molar-refractivity contribution in [2.75, 3.05) is 20.1 Å². The number of aliphatic hydroxyl groups is 1. The van der Waals surface area contributed by atoms with E-state index in [0.29, 0.717) is 30.3 Å². The van der Waals surface area contributed by atoms with Gasteiger partial charge in [-0.15, -0.1) is 6.58 Å². The van der Waals surface area contributed by atoms with E-state index in [0.717, 1.165) is 24.8 Å². The average Bonchev–Trinajstić information content (AvgIpc) is 3.22. The van der Waals surface area contributed by atoms with Gasteiger partial charge in [-0.05, 0) is 49.9 Å². The maximum Gasteiger partial charge on any atom is 0.253 e. The minimum absolute atomic E-state index is 0.000279. The monoisotopic (exact) mass is 455 g/mol. The molecule has 1 amide bonds. The Morgan fingerprint density at radius 3 is 2.70 bits per heavy atom. The molecule has 1 aliphatic rings. The van der Waals surface area contributed by atoms with Gasteiger partial charge in [0.1, 0.15) is 0 Å². The molecule has 1 fully saturated rings. The van der Waals surface area contributed by atoms with Crippen LogP contribution in [0, 0.1) is 5.95 Å². The van der Waals surface area contributed by atoms with E-state index in [2.05, 4.69) is 34.7 Å². The highest BCUT2D eigenvalue weighted by molar-refractivity contribution is 5.94. The van der Waals surface area contributed by atoms with Crippen LogP contribution >= 0.6 is 0 Å². The third-order valence-corrected chi connectivity index (χ3v) is 5.88. The maximum absolute atomic E-state index is 13.0. The van der Waals surface area contributed by atoms with Crippen LogP contribution in [-0.4, -0.2) is 59.2 Å². The van der Waals surface area contributed by atoms with Gasteiger partial charge in [-0.1, -0.05) is 24.3 Å². The van der Waals surface area contributed by atoms with Crippen LogP contribution in [0.4, 0.5) is 4.39 Å². The molecule has 4 N–H and O–H groups in total. The number of amides is 1. The Balaban J connectivity index is 1.52. The lowest BCUT2D eigenvalue weighted by atomic mass is 10.0. The van der Waals surface area contributed by atoms with Crippen molar-refractivity contribution in [3.8, 4) is 0 Å². The van der Waals surface area contributed by atoms with Gasteiger partial charge in [0.25, 0.3) is 5.91 Å². The van der Waals surface area contributed by atoms with Crippen molar-refractivity contribution in [1.82, 2.24) is 26.1 Å². The van der Waals surface area contributed by atoms with Gasteiger partial charge in [-0.3, -0.25) is 15.6 Å². The van der Waals surface area contributed by atoms with Crippen LogP contribution in [0.15, 0.2) is 55.3 Å². The van der Waals surface area contributed by atoms with Crippen LogP contribution in [0.3, 0.4) is 0 Å². The molecular weight excluding hydrogens is 421 g/mol. The van der Waals surface area contributed by atoms with Gasteiger partial charge >= 0.3 is 0 Å². The fourth-order valence-corrected chi connectivity index (χ4v) is 4.05. The van der Waals surface area contributed by atoms with Crippen LogP contribution in [-0.2, 0) is 6.42 Å². The van der Waals surface area contributed by atoms with E-state index in [9.17, 15) is 14.3 Å². The fraction of sp³-hybridized carbons (Fsp3) is 0.440. The van der Waals surface area contributed by atoms with Crippen LogP contribution in [0.1, 0.15) is 47.4 Å². The molecule has 4 unspecified atom stereocenters. The first-order valence-electron chi connectivity index (χ1n) is 11.3. The van der Waals surface area contributed by atoms with Gasteiger partial charge in [0.15, 0.2) is 0 Å². The second-order valence-electron chi connectivity index (χ2n) is 8.77. The maximum atomic E-state index is 13.0. The van der Waals surface area contributed by atoms with Gasteiger partial charge in [-0.2, -0.15) is 4.39 Å². The average molecular weight is 456 g/mol. The quantitative estimate of drug-likeness (QED) is 0.307. The number of nitrogens with one attached hydrogen (secondary N) is 3. The topological polar surface area (TPSA) is 89.5 Å². The minimum Gasteiger partial charge on any atom is -0.387 e. The van der Waals surface area contributed by atoms with Crippen molar-refractivity contribution in [2.45, 2.75) is 50.4 Å². The van der Waals surface area contributed by atoms with E-state index in [-0.39, 0.29) is 18.0 Å². The first-order valence-corrected chi connectivity index (χ1v) is 11.3. The summed E-state index contributed by atoms with van der Waals surface area (Å²) in [4.78, 5) is 18.1. The lowest BCUT2D eigenvalue weighted by Gasteiger charge is -2.22. The Kier molecular flexibility index (Phi) is 9.08. The number of nitrogens with zero attached hydrogens (tertiary/aromatic N) is 2. The van der Waals surface area contributed by atoms with Crippen LogP contribution in [0.25, 0.3) is 0 Å². The molecule has 1 aromatic heterocycles. The number of aliphatic hydroxyl groups excluding tert-OH is 1. The van der Waals surface area contributed by atoms with Gasteiger partial charge in [-0.25, -0.2) is 4.98 Å². The Bertz CT molecular complexity index is 906. The van der Waals surface area contributed by atoms with Gasteiger partial charge in [0.05, 0.1) is 6.10 Å². The SMILES string of the molecule is C=CCC(Cc1ccc(C(=O)N(C)CC2CC(C)NN2)cc1)NCC(O)c1ccc(F)nc1. The number of hydrogen-bond donors (Lipinski definition) is 4. The molecule has 2 aromatic rings. The molecule has 1 aromatic carbocycles. The predicted molar refractivity (Wildman–Crippen MR) is 127 cm³/mol. The van der Waals surface area contributed by atoms with Crippen molar-refractivity contribution in [3.05, 3.63) is 77.9 Å². The van der Waals surface area contributed by atoms with Crippen molar-refractivity contribution in [2.24, 2.45) is 0 Å². The minimum atomic E-state index is -0.784. The molecular formula is C25H34FN5O2. The molecule has 4 atom stereocenters. The van der Waals surface area contributed by atoms with Crippen LogP contribution in [0.2, 0.25) is 0 Å². The van der Waals surface area contributed by atoms with E-state index in [1.54, 1.807) is 4.90 Å². The predicted octanol–water partition coefficient (Wildman–Crippen LogP) is 2.36. The number of benzene rings is 1. The number of rotatable bonds is 11. The molecule has 0 saturated carbocycles. The summed E-state index contributed by atoms with van der Waals surface area (Å²) in [6.45, 7) is 6.90. The standard InChI is InChI=1S/C25H34FN5O2/c1-4-5-21(27-15-23(32)20-10-11-24(26)28-14-20)13-18-6-8-19(9-7-18)25(33)31(3)16-22-12-17(2)29-30-22/h4,6-11,14,17,21-23,27,29-30,32H,1,5,12-13,15-16H2,2-3H3. The van der Waals surface area contributed by atoms with Gasteiger partial charge < -0.3 is 15.3 Å². The van der Waals surface area contributed by atoms with Crippen molar-refractivity contribution in [3.63, 3.8) is 0 Å². The number of carbonyl (C=O) groups is 1. The van der Waals surface area contributed by atoms with E-state index < -0.39 is 12.1 Å². The molecule has 0 bridgehead atoms. The number of aromatic nitrogens is 1. The number of halogens is 1. The zero-order chi connectivity index (χ0) is 23.8. The Hall–Kier alpha value is -2.65. The van der Waals surface area contributed by atoms with Gasteiger partial charge in [0, 0.05) is 55.6 Å². The molecule has 1 aliphatic heterocycles. The molecule has 3 rings (SSSR count). The van der Waals surface area contributed by atoms with Crippen LogP contribution in [0.5, 0.6) is 0 Å². The van der Waals surface area contributed by atoms with Crippen molar-refractivity contribution in [1.29, 1.82) is 0 Å². The summed E-state index contributed by atoms with van der Waals surface area (Å²) in [5, 5.41) is 13.7. The zero-order valence-corrected chi connectivity index (χ0v) is 19.3. The lowest BCUT2D eigenvalue weighted by Crippen LogP contribution is -2.41. The number of pyridine rings is 1. The first-order chi connectivity index (χ1) is 15.9. The normalized spacial score (nSPS) is 19.8. The third-order valence-electron chi connectivity index (χ3n) is 5.88. The van der Waals surface area contributed by atoms with E-state index in [1.807, 2.05) is 37.4 Å². The summed E-state index contributed by atoms with van der Waals surface area (Å²) in [5.74, 6) is -0.571. The summed E-state index contributed by atoms with van der Waals surface area (Å²) >= 11 is 0. The lowest BCUT2D eigenvalue weighted by molar-refractivity contribution is 0.0783. The van der Waals surface area contributed by atoms with Crippen LogP contribution < -0.4 is 16.2 Å². The molecule has 0 spiro atoms. The molecule has 8 heteroatoms. The zero-order valence-electron chi connectivity index (χ0n) is 19.3. The van der Waals surface area contributed by atoms with Crippen molar-refractivity contribution < 1.29 is 14.3 Å². The molecule has 2 heterocycles. The second kappa shape index (κ2) is 12.0. The van der Waals surface area contributed by atoms with E-state index in [4.69, 9.17) is 0 Å². The highest BCUT2D eigenvalue weighted by Crippen LogP contribution is 2.14. The number of carbonyl (C=O) groups excluding carboxylic acids is 1. The smallest absolute Gasteiger partial charge is 0.253 e. The molecule has 0 aliphatic carbocycles. The summed E-state index contributed by atoms with van der Waals surface area (Å²) < 4.78 is 13.0. The third kappa shape index (κ3) is 7.43. The van der Waals surface area contributed by atoms with Gasteiger partial charge in [0.2, 0.25) is 5.95 Å².